The molecule has 0 fully saturated rings. The lowest BCUT2D eigenvalue weighted by molar-refractivity contribution is -0.116. The molecule has 0 unspecified atom stereocenters. The molecule has 1 heterocycles. The molecule has 0 saturated carbocycles. The van der Waals surface area contributed by atoms with E-state index in [1.54, 1.807) is 37.7 Å². The molecule has 0 aliphatic rings. The van der Waals surface area contributed by atoms with Gasteiger partial charge in [0.05, 0.1) is 18.7 Å². The molecule has 6 heteroatoms. The van der Waals surface area contributed by atoms with Gasteiger partial charge in [-0.15, -0.1) is 0 Å². The van der Waals surface area contributed by atoms with Gasteiger partial charge in [0.15, 0.2) is 11.5 Å². The van der Waals surface area contributed by atoms with Gasteiger partial charge in [0, 0.05) is 25.0 Å². The van der Waals surface area contributed by atoms with Crippen molar-refractivity contribution in [2.75, 3.05) is 13.7 Å². The van der Waals surface area contributed by atoms with Gasteiger partial charge in [-0.05, 0) is 41.8 Å². The van der Waals surface area contributed by atoms with Crippen LogP contribution in [0.1, 0.15) is 24.5 Å². The number of aromatic nitrogens is 1. The zero-order valence-electron chi connectivity index (χ0n) is 14.3. The number of carbonyl (C=O) groups is 1. The van der Waals surface area contributed by atoms with E-state index in [0.717, 1.165) is 17.5 Å². The fourth-order valence-corrected chi connectivity index (χ4v) is 2.38. The molecule has 0 aliphatic carbocycles. The van der Waals surface area contributed by atoms with Gasteiger partial charge in [0.25, 0.3) is 0 Å². The third-order valence-corrected chi connectivity index (χ3v) is 3.60. The Morgan fingerprint density at radius 2 is 2.24 bits per heavy atom. The zero-order valence-corrected chi connectivity index (χ0v) is 15.0. The second-order valence-corrected chi connectivity index (χ2v) is 5.70. The van der Waals surface area contributed by atoms with Crippen LogP contribution in [0.4, 0.5) is 0 Å². The van der Waals surface area contributed by atoms with Crippen molar-refractivity contribution in [3.8, 4) is 11.5 Å². The maximum absolute atomic E-state index is 11.9. The first-order valence-electron chi connectivity index (χ1n) is 7.99. The first-order chi connectivity index (χ1) is 12.1. The lowest BCUT2D eigenvalue weighted by Crippen LogP contribution is -2.20. The Hall–Kier alpha value is -2.53. The smallest absolute Gasteiger partial charge is 0.244 e. The summed E-state index contributed by atoms with van der Waals surface area (Å²) in [6.45, 7) is 2.99. The molecule has 0 bridgehead atoms. The molecule has 132 valence electrons. The molecule has 0 radical (unpaired) electrons. The Kier molecular flexibility index (Phi) is 7.29. The molecular weight excluding hydrogens is 340 g/mol. The number of carbonyl (C=O) groups excluding carboxylic acids is 1. The van der Waals surface area contributed by atoms with Gasteiger partial charge < -0.3 is 14.8 Å². The molecule has 0 saturated heterocycles. The lowest BCUT2D eigenvalue weighted by Gasteiger charge is -2.12. The predicted octanol–water partition coefficient (Wildman–Crippen LogP) is 3.86. The summed E-state index contributed by atoms with van der Waals surface area (Å²) in [4.78, 5) is 15.9. The lowest BCUT2D eigenvalue weighted by atomic mass is 10.2. The normalized spacial score (nSPS) is 10.7. The molecule has 1 N–H and O–H groups in total. The molecule has 0 atom stereocenters. The third kappa shape index (κ3) is 5.80. The van der Waals surface area contributed by atoms with E-state index in [1.165, 1.54) is 6.08 Å². The number of pyridine rings is 1. The summed E-state index contributed by atoms with van der Waals surface area (Å²) in [5.74, 6) is 0.853. The van der Waals surface area contributed by atoms with Gasteiger partial charge in [-0.1, -0.05) is 24.6 Å². The maximum atomic E-state index is 11.9. The quantitative estimate of drug-likeness (QED) is 0.726. The number of hydrogen-bond acceptors (Lipinski definition) is 4. The average Bonchev–Trinajstić information content (AvgIpc) is 2.64. The standard InChI is InChI=1S/C19H21ClN2O3/c1-3-9-25-19-16(20)10-14(11-17(19)24-2)6-7-18(23)22-13-15-5-4-8-21-12-15/h4-8,10-12H,3,9,13H2,1-2H3,(H,22,23)/b7-6+. The SMILES string of the molecule is CCCOc1c(Cl)cc(/C=C/C(=O)NCc2cccnc2)cc1OC. The fraction of sp³-hybridized carbons (Fsp3) is 0.263. The molecule has 1 aromatic heterocycles. The Morgan fingerprint density at radius 3 is 2.92 bits per heavy atom. The maximum Gasteiger partial charge on any atom is 0.244 e. The van der Waals surface area contributed by atoms with Crippen molar-refractivity contribution in [3.05, 3.63) is 58.9 Å². The summed E-state index contributed by atoms with van der Waals surface area (Å²) in [7, 11) is 1.55. The van der Waals surface area contributed by atoms with Crippen LogP contribution in [0.5, 0.6) is 11.5 Å². The second kappa shape index (κ2) is 9.69. The van der Waals surface area contributed by atoms with Gasteiger partial charge in [0.2, 0.25) is 5.91 Å². The van der Waals surface area contributed by atoms with Gasteiger partial charge in [-0.25, -0.2) is 0 Å². The average molecular weight is 361 g/mol. The summed E-state index contributed by atoms with van der Waals surface area (Å²) in [6.07, 6.45) is 7.41. The van der Waals surface area contributed by atoms with E-state index < -0.39 is 0 Å². The van der Waals surface area contributed by atoms with Gasteiger partial charge >= 0.3 is 0 Å². The van der Waals surface area contributed by atoms with Crippen LogP contribution in [0.25, 0.3) is 6.08 Å². The van der Waals surface area contributed by atoms with E-state index in [-0.39, 0.29) is 5.91 Å². The molecule has 1 amide bonds. The van der Waals surface area contributed by atoms with Crippen LogP contribution < -0.4 is 14.8 Å². The predicted molar refractivity (Wildman–Crippen MR) is 98.9 cm³/mol. The van der Waals surface area contributed by atoms with Gasteiger partial charge in [-0.3, -0.25) is 9.78 Å². The minimum Gasteiger partial charge on any atom is -0.493 e. The zero-order chi connectivity index (χ0) is 18.1. The summed E-state index contributed by atoms with van der Waals surface area (Å²) >= 11 is 6.26. The Morgan fingerprint density at radius 1 is 1.40 bits per heavy atom. The largest absolute Gasteiger partial charge is 0.493 e. The van der Waals surface area contributed by atoms with E-state index in [2.05, 4.69) is 10.3 Å². The molecular formula is C19H21ClN2O3. The number of methoxy groups -OCH3 is 1. The fourth-order valence-electron chi connectivity index (χ4n) is 2.10. The van der Waals surface area contributed by atoms with Crippen LogP contribution in [0.3, 0.4) is 0 Å². The first-order valence-corrected chi connectivity index (χ1v) is 8.37. The number of nitrogens with zero attached hydrogens (tertiary/aromatic N) is 1. The van der Waals surface area contributed by atoms with Crippen molar-refractivity contribution < 1.29 is 14.3 Å². The second-order valence-electron chi connectivity index (χ2n) is 5.29. The Bertz CT molecular complexity index is 733. The summed E-state index contributed by atoms with van der Waals surface area (Å²) in [5.41, 5.74) is 1.69. The minimum atomic E-state index is -0.203. The van der Waals surface area contributed by atoms with E-state index in [1.807, 2.05) is 19.1 Å². The van der Waals surface area contributed by atoms with Crippen LogP contribution in [-0.2, 0) is 11.3 Å². The van der Waals surface area contributed by atoms with Crippen molar-refractivity contribution >= 4 is 23.6 Å². The molecule has 0 aliphatic heterocycles. The van der Waals surface area contributed by atoms with Crippen molar-refractivity contribution in [1.29, 1.82) is 0 Å². The van der Waals surface area contributed by atoms with E-state index in [4.69, 9.17) is 21.1 Å². The molecule has 2 aromatic rings. The minimum absolute atomic E-state index is 0.203. The third-order valence-electron chi connectivity index (χ3n) is 3.32. The van der Waals surface area contributed by atoms with Crippen LogP contribution in [0.2, 0.25) is 5.02 Å². The van der Waals surface area contributed by atoms with Crippen LogP contribution in [-0.4, -0.2) is 24.6 Å². The van der Waals surface area contributed by atoms with Crippen LogP contribution >= 0.6 is 11.6 Å². The number of benzene rings is 1. The molecule has 25 heavy (non-hydrogen) atoms. The van der Waals surface area contributed by atoms with Crippen molar-refractivity contribution in [1.82, 2.24) is 10.3 Å². The van der Waals surface area contributed by atoms with E-state index >= 15 is 0 Å². The highest BCUT2D eigenvalue weighted by atomic mass is 35.5. The number of amides is 1. The van der Waals surface area contributed by atoms with Crippen LogP contribution in [0, 0.1) is 0 Å². The van der Waals surface area contributed by atoms with Crippen LogP contribution in [0.15, 0.2) is 42.7 Å². The highest BCUT2D eigenvalue weighted by Crippen LogP contribution is 2.36. The molecule has 5 nitrogen and oxygen atoms in total. The summed E-state index contributed by atoms with van der Waals surface area (Å²) < 4.78 is 10.9. The van der Waals surface area contributed by atoms with Crippen molar-refractivity contribution in [3.63, 3.8) is 0 Å². The highest BCUT2D eigenvalue weighted by Gasteiger charge is 2.11. The topological polar surface area (TPSA) is 60.5 Å². The first kappa shape index (κ1) is 18.8. The Balaban J connectivity index is 2.02. The number of hydrogen-bond donors (Lipinski definition) is 1. The van der Waals surface area contributed by atoms with Crippen molar-refractivity contribution in [2.24, 2.45) is 0 Å². The number of nitrogens with one attached hydrogen (secondary N) is 1. The van der Waals surface area contributed by atoms with E-state index in [9.17, 15) is 4.79 Å². The van der Waals surface area contributed by atoms with E-state index in [0.29, 0.717) is 29.7 Å². The van der Waals surface area contributed by atoms with Gasteiger partial charge in [0.1, 0.15) is 0 Å². The summed E-state index contributed by atoms with van der Waals surface area (Å²) in [6, 6.07) is 7.24. The molecule has 2 rings (SSSR count). The summed E-state index contributed by atoms with van der Waals surface area (Å²) in [5, 5.41) is 3.24. The molecule has 0 spiro atoms. The number of ether oxygens (including phenoxy) is 2. The van der Waals surface area contributed by atoms with Crippen molar-refractivity contribution in [2.45, 2.75) is 19.9 Å². The van der Waals surface area contributed by atoms with Gasteiger partial charge in [-0.2, -0.15) is 0 Å². The monoisotopic (exact) mass is 360 g/mol. The number of halogens is 1. The Labute approximate surface area is 152 Å². The number of rotatable bonds is 8. The molecule has 1 aromatic carbocycles. The highest BCUT2D eigenvalue weighted by molar-refractivity contribution is 6.32.